The normalized spacial score (nSPS) is 15.6. The molecule has 1 aliphatic heterocycles. The van der Waals surface area contributed by atoms with Crippen LogP contribution in [0.15, 0.2) is 88.9 Å². The number of nitrogens with zero attached hydrogens (tertiary/aromatic N) is 2. The van der Waals surface area contributed by atoms with Crippen LogP contribution in [0.4, 0.5) is 0 Å². The van der Waals surface area contributed by atoms with Crippen LogP contribution in [0.5, 0.6) is 0 Å². The zero-order valence-corrected chi connectivity index (χ0v) is 19.4. The molecule has 1 atom stereocenters. The molecule has 168 valence electrons. The van der Waals surface area contributed by atoms with Gasteiger partial charge < -0.3 is 15.0 Å². The molecule has 2 aromatic heterocycles. The minimum atomic E-state index is -0.125. The molecule has 0 radical (unpaired) electrons. The van der Waals surface area contributed by atoms with E-state index < -0.39 is 0 Å². The van der Waals surface area contributed by atoms with Gasteiger partial charge in [0, 0.05) is 41.1 Å². The van der Waals surface area contributed by atoms with E-state index >= 15 is 0 Å². The number of aryl methyl sites for hydroxylation is 1. The average molecular weight is 467 g/mol. The second-order valence-electron chi connectivity index (χ2n) is 8.85. The van der Waals surface area contributed by atoms with Gasteiger partial charge in [-0.05, 0) is 64.9 Å². The maximum Gasteiger partial charge on any atom is 0.257 e. The van der Waals surface area contributed by atoms with E-state index in [1.54, 1.807) is 6.07 Å². The van der Waals surface area contributed by atoms with Crippen LogP contribution < -0.4 is 11.0 Å². The topological polar surface area (TPSA) is 62.2 Å². The summed E-state index contributed by atoms with van der Waals surface area (Å²) in [6.45, 7) is 0. The highest BCUT2D eigenvalue weighted by molar-refractivity contribution is 6.31. The van der Waals surface area contributed by atoms with Crippen LogP contribution in [0.3, 0.4) is 0 Å². The number of aromatic nitrogens is 2. The Kier molecular flexibility index (Phi) is 5.00. The number of hydrogen-bond acceptors (Lipinski definition) is 3. The zero-order valence-electron chi connectivity index (χ0n) is 18.7. The van der Waals surface area contributed by atoms with Crippen molar-refractivity contribution < 1.29 is 0 Å². The smallest absolute Gasteiger partial charge is 0.257 e. The Balaban J connectivity index is 1.43. The predicted molar refractivity (Wildman–Crippen MR) is 139 cm³/mol. The Bertz CT molecular complexity index is 1630. The predicted octanol–water partition coefficient (Wildman–Crippen LogP) is 5.70. The zero-order chi connectivity index (χ0) is 23.2. The minimum Gasteiger partial charge on any atom is -0.351 e. The number of fused-ring (bicyclic) bond motifs is 2. The van der Waals surface area contributed by atoms with Crippen molar-refractivity contribution >= 4 is 39.1 Å². The monoisotopic (exact) mass is 466 g/mol. The third-order valence-electron chi connectivity index (χ3n) is 6.66. The second kappa shape index (κ2) is 8.19. The number of rotatable bonds is 4. The number of hydrazone groups is 1. The van der Waals surface area contributed by atoms with Gasteiger partial charge in [0.2, 0.25) is 0 Å². The van der Waals surface area contributed by atoms with Crippen LogP contribution in [0.2, 0.25) is 5.02 Å². The SMILES string of the molecule is Cn1ccc2cc(C3CC(c4c(Cc5ccccc5)c5cc(Cl)ccc5[nH]c4=O)=NN3)ccc21. The highest BCUT2D eigenvalue weighted by Crippen LogP contribution is 2.30. The van der Waals surface area contributed by atoms with Crippen LogP contribution in [0.25, 0.3) is 21.8 Å². The number of H-pyrrole nitrogens is 1. The van der Waals surface area contributed by atoms with Gasteiger partial charge in [0.1, 0.15) is 0 Å². The molecular weight excluding hydrogens is 444 g/mol. The highest BCUT2D eigenvalue weighted by atomic mass is 35.5. The summed E-state index contributed by atoms with van der Waals surface area (Å²) >= 11 is 6.36. The Labute approximate surface area is 201 Å². The number of halogens is 1. The van der Waals surface area contributed by atoms with Gasteiger partial charge in [-0.1, -0.05) is 48.0 Å². The van der Waals surface area contributed by atoms with Crippen molar-refractivity contribution in [3.8, 4) is 0 Å². The fourth-order valence-corrected chi connectivity index (χ4v) is 5.10. The Morgan fingerprint density at radius 2 is 1.91 bits per heavy atom. The van der Waals surface area contributed by atoms with Crippen LogP contribution in [-0.2, 0) is 13.5 Å². The molecule has 1 unspecified atom stereocenters. The Morgan fingerprint density at radius 1 is 1.06 bits per heavy atom. The molecule has 34 heavy (non-hydrogen) atoms. The molecule has 0 aliphatic carbocycles. The number of hydrogen-bond donors (Lipinski definition) is 2. The van der Waals surface area contributed by atoms with E-state index in [-0.39, 0.29) is 11.6 Å². The minimum absolute atomic E-state index is 0.0126. The van der Waals surface area contributed by atoms with Gasteiger partial charge in [-0.25, -0.2) is 0 Å². The molecule has 1 aliphatic rings. The van der Waals surface area contributed by atoms with Gasteiger partial charge in [-0.2, -0.15) is 5.10 Å². The summed E-state index contributed by atoms with van der Waals surface area (Å²) in [7, 11) is 2.05. The van der Waals surface area contributed by atoms with Crippen molar-refractivity contribution in [3.05, 3.63) is 117 Å². The maximum atomic E-state index is 13.3. The largest absolute Gasteiger partial charge is 0.351 e. The van der Waals surface area contributed by atoms with Crippen molar-refractivity contribution in [2.24, 2.45) is 12.1 Å². The molecule has 3 aromatic carbocycles. The molecule has 0 fully saturated rings. The van der Waals surface area contributed by atoms with Crippen molar-refractivity contribution in [3.63, 3.8) is 0 Å². The van der Waals surface area contributed by atoms with Crippen LogP contribution in [0.1, 0.15) is 34.7 Å². The third-order valence-corrected chi connectivity index (χ3v) is 6.90. The summed E-state index contributed by atoms with van der Waals surface area (Å²) in [6.07, 6.45) is 3.32. The van der Waals surface area contributed by atoms with Crippen molar-refractivity contribution in [1.82, 2.24) is 15.0 Å². The van der Waals surface area contributed by atoms with E-state index in [4.69, 9.17) is 11.6 Å². The van der Waals surface area contributed by atoms with E-state index in [0.717, 1.165) is 33.3 Å². The molecule has 0 bridgehead atoms. The summed E-state index contributed by atoms with van der Waals surface area (Å²) in [5.41, 5.74) is 9.76. The van der Waals surface area contributed by atoms with Gasteiger partial charge in [0.25, 0.3) is 5.56 Å². The first-order valence-electron chi connectivity index (χ1n) is 11.3. The fraction of sp³-hybridized carbons (Fsp3) is 0.143. The van der Waals surface area contributed by atoms with Crippen LogP contribution >= 0.6 is 11.6 Å². The van der Waals surface area contributed by atoms with Crippen molar-refractivity contribution in [2.75, 3.05) is 0 Å². The number of aromatic amines is 1. The molecule has 6 heteroatoms. The van der Waals surface area contributed by atoms with E-state index in [2.05, 4.69) is 62.7 Å². The summed E-state index contributed by atoms with van der Waals surface area (Å²) < 4.78 is 2.11. The Morgan fingerprint density at radius 3 is 2.76 bits per heavy atom. The molecule has 0 spiro atoms. The van der Waals surface area contributed by atoms with Crippen LogP contribution in [0, 0.1) is 0 Å². The molecular formula is C28H23ClN4O. The van der Waals surface area contributed by atoms with Crippen molar-refractivity contribution in [2.45, 2.75) is 18.9 Å². The van der Waals surface area contributed by atoms with E-state index in [9.17, 15) is 4.79 Å². The lowest BCUT2D eigenvalue weighted by molar-refractivity contribution is 0.620. The first kappa shape index (κ1) is 20.8. The average Bonchev–Trinajstić information content (AvgIpc) is 3.47. The van der Waals surface area contributed by atoms with Gasteiger partial charge in [0.15, 0.2) is 0 Å². The van der Waals surface area contributed by atoms with Gasteiger partial charge in [-0.3, -0.25) is 4.79 Å². The van der Waals surface area contributed by atoms with Gasteiger partial charge in [-0.15, -0.1) is 0 Å². The molecule has 0 amide bonds. The number of benzene rings is 3. The summed E-state index contributed by atoms with van der Waals surface area (Å²) in [4.78, 5) is 16.4. The highest BCUT2D eigenvalue weighted by Gasteiger charge is 2.26. The lowest BCUT2D eigenvalue weighted by Gasteiger charge is -2.14. The van der Waals surface area contributed by atoms with E-state index in [1.165, 1.54) is 10.9 Å². The van der Waals surface area contributed by atoms with E-state index in [0.29, 0.717) is 23.4 Å². The molecule has 5 aromatic rings. The van der Waals surface area contributed by atoms with Crippen molar-refractivity contribution in [1.29, 1.82) is 0 Å². The molecule has 6 rings (SSSR count). The number of nitrogens with one attached hydrogen (secondary N) is 2. The summed E-state index contributed by atoms with van der Waals surface area (Å²) in [5, 5.41) is 7.43. The Hall–Kier alpha value is -3.83. The first-order chi connectivity index (χ1) is 16.6. The lowest BCUT2D eigenvalue weighted by Crippen LogP contribution is -2.21. The fourth-order valence-electron chi connectivity index (χ4n) is 4.93. The molecule has 2 N–H and O–H groups in total. The maximum absolute atomic E-state index is 13.3. The molecule has 0 saturated heterocycles. The first-order valence-corrected chi connectivity index (χ1v) is 11.7. The van der Waals surface area contributed by atoms with Gasteiger partial charge >= 0.3 is 0 Å². The summed E-state index contributed by atoms with van der Waals surface area (Å²) in [6, 6.07) is 24.4. The quantitative estimate of drug-likeness (QED) is 0.356. The second-order valence-corrected chi connectivity index (χ2v) is 9.29. The standard InChI is InChI=1S/C28H23ClN4O/c1-33-12-11-19-14-18(7-10-26(19)33)24-16-25(32-31-24)27-22(13-17-5-3-2-4-6-17)21-15-20(29)8-9-23(21)30-28(27)34/h2-12,14-15,24,31H,13,16H2,1H3,(H,30,34). The third kappa shape index (κ3) is 3.58. The van der Waals surface area contributed by atoms with Gasteiger partial charge in [0.05, 0.1) is 17.3 Å². The molecule has 3 heterocycles. The lowest BCUT2D eigenvalue weighted by atomic mass is 9.91. The van der Waals surface area contributed by atoms with E-state index in [1.807, 2.05) is 37.4 Å². The summed E-state index contributed by atoms with van der Waals surface area (Å²) in [5.74, 6) is 0. The molecule has 5 nitrogen and oxygen atoms in total. The molecule has 0 saturated carbocycles. The van der Waals surface area contributed by atoms with Crippen LogP contribution in [-0.4, -0.2) is 15.3 Å². The number of pyridine rings is 1.